The van der Waals surface area contributed by atoms with Gasteiger partial charge in [0.1, 0.15) is 0 Å². The van der Waals surface area contributed by atoms with Crippen LogP contribution in [0.5, 0.6) is 0 Å². The Morgan fingerprint density at radius 2 is 0.979 bits per heavy atom. The Morgan fingerprint density at radius 1 is 0.447 bits per heavy atom. The summed E-state index contributed by atoms with van der Waals surface area (Å²) >= 11 is 1.90. The molecule has 0 unspecified atom stereocenters. The van der Waals surface area contributed by atoms with E-state index in [1.165, 1.54) is 64.7 Å². The summed E-state index contributed by atoms with van der Waals surface area (Å²) in [5.41, 5.74) is 13.7. The van der Waals surface area contributed by atoms with Crippen LogP contribution in [0.25, 0.3) is 53.6 Å². The normalized spacial score (nSPS) is 13.1. The number of rotatable bonds is 5. The Balaban J connectivity index is 1.20. The Kier molecular flexibility index (Phi) is 6.41. The molecule has 47 heavy (non-hydrogen) atoms. The van der Waals surface area contributed by atoms with Crippen molar-refractivity contribution in [2.45, 2.75) is 19.3 Å². The predicted octanol–water partition coefficient (Wildman–Crippen LogP) is 13.2. The lowest BCUT2D eigenvalue weighted by molar-refractivity contribution is 0.661. The lowest BCUT2D eigenvalue weighted by Crippen LogP contribution is -2.16. The Labute approximate surface area is 280 Å². The number of hydrogen-bond donors (Lipinski definition) is 0. The second-order valence-corrected chi connectivity index (χ2v) is 14.1. The highest BCUT2D eigenvalue weighted by Crippen LogP contribution is 2.55. The van der Waals surface area contributed by atoms with Gasteiger partial charge in [-0.15, -0.1) is 11.3 Å². The molecule has 1 nitrogen and oxygen atoms in total. The van der Waals surface area contributed by atoms with Gasteiger partial charge >= 0.3 is 0 Å². The van der Waals surface area contributed by atoms with Crippen molar-refractivity contribution in [1.82, 2.24) is 0 Å². The molecule has 1 aliphatic rings. The van der Waals surface area contributed by atoms with E-state index in [-0.39, 0.29) is 5.41 Å². The molecule has 0 bridgehead atoms. The fraction of sp³-hybridized carbons (Fsp3) is 0.0667. The van der Waals surface area contributed by atoms with Crippen molar-refractivity contribution in [2.24, 2.45) is 0 Å². The summed E-state index contributed by atoms with van der Waals surface area (Å²) in [6, 6.07) is 59.8. The quantitative estimate of drug-likeness (QED) is 0.185. The maximum atomic E-state index is 2.44. The maximum absolute atomic E-state index is 2.44. The third-order valence-electron chi connectivity index (χ3n) is 9.89. The first kappa shape index (κ1) is 27.8. The van der Waals surface area contributed by atoms with Crippen LogP contribution >= 0.6 is 11.3 Å². The topological polar surface area (TPSA) is 3.24 Å². The van der Waals surface area contributed by atoms with Gasteiger partial charge in [0.2, 0.25) is 0 Å². The van der Waals surface area contributed by atoms with Gasteiger partial charge in [-0.05, 0) is 93.0 Å². The van der Waals surface area contributed by atoms with Crippen molar-refractivity contribution in [3.63, 3.8) is 0 Å². The molecule has 1 aromatic heterocycles. The highest BCUT2D eigenvalue weighted by atomic mass is 32.1. The molecule has 0 saturated heterocycles. The smallest absolute Gasteiger partial charge is 0.0465 e. The van der Waals surface area contributed by atoms with Crippen molar-refractivity contribution in [1.29, 1.82) is 0 Å². The van der Waals surface area contributed by atoms with Crippen molar-refractivity contribution in [3.05, 3.63) is 175 Å². The van der Waals surface area contributed by atoms with Crippen LogP contribution in [0, 0.1) is 0 Å². The zero-order valence-corrected chi connectivity index (χ0v) is 27.3. The van der Waals surface area contributed by atoms with E-state index in [2.05, 4.69) is 183 Å². The van der Waals surface area contributed by atoms with E-state index in [1.807, 2.05) is 11.3 Å². The van der Waals surface area contributed by atoms with Gasteiger partial charge in [0.25, 0.3) is 0 Å². The minimum atomic E-state index is -0.127. The van der Waals surface area contributed by atoms with Gasteiger partial charge in [-0.3, -0.25) is 0 Å². The number of hydrogen-bond acceptors (Lipinski definition) is 2. The second-order valence-electron chi connectivity index (χ2n) is 13.0. The van der Waals surface area contributed by atoms with E-state index < -0.39 is 0 Å². The summed E-state index contributed by atoms with van der Waals surface area (Å²) in [5, 5.41) is 2.75. The molecule has 1 heterocycles. The fourth-order valence-corrected chi connectivity index (χ4v) is 8.60. The van der Waals surface area contributed by atoms with E-state index >= 15 is 0 Å². The predicted molar refractivity (Wildman–Crippen MR) is 202 cm³/mol. The van der Waals surface area contributed by atoms with Crippen LogP contribution in [-0.2, 0) is 5.41 Å². The van der Waals surface area contributed by atoms with Crippen LogP contribution in [0.15, 0.2) is 164 Å². The molecule has 8 aromatic rings. The molecule has 7 aromatic carbocycles. The minimum Gasteiger partial charge on any atom is -0.310 e. The molecular weight excluding hydrogens is 587 g/mol. The van der Waals surface area contributed by atoms with Crippen LogP contribution in [-0.4, -0.2) is 0 Å². The zero-order valence-electron chi connectivity index (χ0n) is 26.4. The van der Waals surface area contributed by atoms with Crippen LogP contribution in [0.3, 0.4) is 0 Å². The highest BCUT2D eigenvalue weighted by Gasteiger charge is 2.37. The summed E-state index contributed by atoms with van der Waals surface area (Å²) < 4.78 is 2.71. The molecule has 0 spiro atoms. The zero-order chi connectivity index (χ0) is 31.5. The van der Waals surface area contributed by atoms with E-state index in [4.69, 9.17) is 0 Å². The third kappa shape index (κ3) is 4.52. The van der Waals surface area contributed by atoms with Gasteiger partial charge in [-0.2, -0.15) is 0 Å². The van der Waals surface area contributed by atoms with Gasteiger partial charge in [0, 0.05) is 42.6 Å². The molecular formula is C45H33NS. The van der Waals surface area contributed by atoms with Crippen LogP contribution in [0.2, 0.25) is 0 Å². The third-order valence-corrected chi connectivity index (χ3v) is 11.0. The molecule has 0 saturated carbocycles. The molecule has 0 amide bonds. The van der Waals surface area contributed by atoms with Crippen LogP contribution in [0.1, 0.15) is 25.0 Å². The van der Waals surface area contributed by atoms with E-state index in [0.29, 0.717) is 0 Å². The van der Waals surface area contributed by atoms with Gasteiger partial charge in [-0.1, -0.05) is 129 Å². The first-order valence-electron chi connectivity index (χ1n) is 16.3. The molecule has 0 fully saturated rings. The molecule has 2 heteroatoms. The van der Waals surface area contributed by atoms with E-state index in [9.17, 15) is 0 Å². The summed E-state index contributed by atoms with van der Waals surface area (Å²) in [6.45, 7) is 4.77. The second kappa shape index (κ2) is 10.8. The standard InChI is InChI=1S/C45H33NS/c1-45(2)39-27-28-42-44(38-15-9-10-16-41(38)47-42)43(39)37-26-25-36(29-40(37)45)46(34-21-17-32(18-22-34)30-11-5-3-6-12-30)35-23-19-33(20-24-35)31-13-7-4-8-14-31/h3-29H,1-2H3. The Morgan fingerprint density at radius 3 is 1.60 bits per heavy atom. The molecule has 0 radical (unpaired) electrons. The molecule has 9 rings (SSSR count). The van der Waals surface area contributed by atoms with Crippen molar-refractivity contribution >= 4 is 48.6 Å². The average Bonchev–Trinajstić information content (AvgIpc) is 3.62. The molecule has 0 N–H and O–H groups in total. The van der Waals surface area contributed by atoms with Crippen molar-refractivity contribution < 1.29 is 0 Å². The average molecular weight is 620 g/mol. The SMILES string of the molecule is CC1(C)c2cc(N(c3ccc(-c4ccccc4)cc3)c3ccc(-c4ccccc4)cc3)ccc2-c2c1ccc1sc3ccccc3c21. The van der Waals surface area contributed by atoms with Gasteiger partial charge in [0.05, 0.1) is 0 Å². The summed E-state index contributed by atoms with van der Waals surface area (Å²) in [5.74, 6) is 0. The van der Waals surface area contributed by atoms with Crippen molar-refractivity contribution in [2.75, 3.05) is 4.90 Å². The summed E-state index contributed by atoms with van der Waals surface area (Å²) in [6.07, 6.45) is 0. The number of benzene rings is 7. The first-order valence-corrected chi connectivity index (χ1v) is 17.1. The first-order chi connectivity index (χ1) is 23.1. The summed E-state index contributed by atoms with van der Waals surface area (Å²) in [4.78, 5) is 2.40. The van der Waals surface area contributed by atoms with E-state index in [0.717, 1.165) is 17.1 Å². The van der Waals surface area contributed by atoms with Crippen LogP contribution < -0.4 is 4.90 Å². The molecule has 0 aliphatic heterocycles. The molecule has 1 aliphatic carbocycles. The van der Waals surface area contributed by atoms with Crippen LogP contribution in [0.4, 0.5) is 17.1 Å². The largest absolute Gasteiger partial charge is 0.310 e. The lowest BCUT2D eigenvalue weighted by Gasteiger charge is -2.28. The molecule has 224 valence electrons. The Hall–Kier alpha value is -5.44. The number of nitrogens with zero attached hydrogens (tertiary/aromatic N) is 1. The van der Waals surface area contributed by atoms with Crippen molar-refractivity contribution in [3.8, 4) is 33.4 Å². The lowest BCUT2D eigenvalue weighted by atomic mass is 9.82. The number of fused-ring (bicyclic) bond motifs is 7. The minimum absolute atomic E-state index is 0.127. The molecule has 0 atom stereocenters. The highest BCUT2D eigenvalue weighted by molar-refractivity contribution is 7.26. The number of anilines is 3. The summed E-state index contributed by atoms with van der Waals surface area (Å²) in [7, 11) is 0. The number of thiophene rings is 1. The van der Waals surface area contributed by atoms with Gasteiger partial charge in [-0.25, -0.2) is 0 Å². The maximum Gasteiger partial charge on any atom is 0.0465 e. The van der Waals surface area contributed by atoms with E-state index in [1.54, 1.807) is 0 Å². The monoisotopic (exact) mass is 619 g/mol. The van der Waals surface area contributed by atoms with Gasteiger partial charge < -0.3 is 4.90 Å². The van der Waals surface area contributed by atoms with Gasteiger partial charge in [0.15, 0.2) is 0 Å². The Bertz CT molecular complexity index is 2320. The fourth-order valence-electron chi connectivity index (χ4n) is 7.48.